The number of carboxylic acid groups (broad SMARTS) is 1. The van der Waals surface area contributed by atoms with E-state index in [2.05, 4.69) is 17.0 Å². The summed E-state index contributed by atoms with van der Waals surface area (Å²) < 4.78 is 5.25. The molecule has 21 heavy (non-hydrogen) atoms. The zero-order valence-electron chi connectivity index (χ0n) is 11.9. The van der Waals surface area contributed by atoms with E-state index in [0.717, 1.165) is 30.8 Å². The second-order valence-corrected chi connectivity index (χ2v) is 5.17. The van der Waals surface area contributed by atoms with Gasteiger partial charge in [-0.1, -0.05) is 12.1 Å². The van der Waals surface area contributed by atoms with E-state index in [1.165, 1.54) is 11.3 Å². The van der Waals surface area contributed by atoms with Gasteiger partial charge in [-0.2, -0.15) is 0 Å². The van der Waals surface area contributed by atoms with Crippen LogP contribution in [0.3, 0.4) is 0 Å². The summed E-state index contributed by atoms with van der Waals surface area (Å²) in [5, 5.41) is 9.06. The van der Waals surface area contributed by atoms with Crippen LogP contribution < -0.4 is 9.64 Å². The monoisotopic (exact) mass is 283 g/mol. The van der Waals surface area contributed by atoms with Crippen molar-refractivity contribution in [1.82, 2.24) is 0 Å². The highest BCUT2D eigenvalue weighted by atomic mass is 16.5. The minimum absolute atomic E-state index is 0.335. The number of fused-ring (bicyclic) bond motifs is 1. The molecule has 0 saturated carbocycles. The Morgan fingerprint density at radius 1 is 1.29 bits per heavy atom. The molecule has 2 aromatic rings. The Bertz CT molecular complexity index is 681. The van der Waals surface area contributed by atoms with Gasteiger partial charge >= 0.3 is 5.97 Å². The summed E-state index contributed by atoms with van der Waals surface area (Å²) in [6.07, 6.45) is 0.991. The molecule has 0 saturated heterocycles. The molecule has 108 valence electrons. The maximum absolute atomic E-state index is 11.0. The van der Waals surface area contributed by atoms with Crippen LogP contribution in [0.4, 0.5) is 5.69 Å². The van der Waals surface area contributed by atoms with E-state index in [9.17, 15) is 4.79 Å². The van der Waals surface area contributed by atoms with E-state index in [4.69, 9.17) is 9.84 Å². The van der Waals surface area contributed by atoms with Crippen LogP contribution in [0.2, 0.25) is 0 Å². The standard InChI is InChI=1S/C17H17NO3/c1-21-15-5-6-16-13(10-15)7-8-18(16)11-12-3-2-4-14(9-12)17(19)20/h2-6,9-10H,7-8,11H2,1H3,(H,19,20). The second-order valence-electron chi connectivity index (χ2n) is 5.17. The summed E-state index contributed by atoms with van der Waals surface area (Å²) in [5.41, 5.74) is 3.83. The quantitative estimate of drug-likeness (QED) is 0.937. The van der Waals surface area contributed by atoms with Gasteiger partial charge in [-0.25, -0.2) is 4.79 Å². The number of nitrogens with zero attached hydrogens (tertiary/aromatic N) is 1. The summed E-state index contributed by atoms with van der Waals surface area (Å²) in [4.78, 5) is 13.3. The summed E-state index contributed by atoms with van der Waals surface area (Å²) in [6.45, 7) is 1.67. The summed E-state index contributed by atoms with van der Waals surface area (Å²) in [7, 11) is 1.67. The van der Waals surface area contributed by atoms with Gasteiger partial charge in [-0.05, 0) is 47.9 Å². The fourth-order valence-electron chi connectivity index (χ4n) is 2.76. The average Bonchev–Trinajstić information content (AvgIpc) is 2.89. The first-order chi connectivity index (χ1) is 10.2. The number of benzene rings is 2. The number of aromatic carboxylic acids is 1. The van der Waals surface area contributed by atoms with Gasteiger partial charge in [0.2, 0.25) is 0 Å². The van der Waals surface area contributed by atoms with Gasteiger partial charge in [-0.15, -0.1) is 0 Å². The molecular weight excluding hydrogens is 266 g/mol. The Morgan fingerprint density at radius 2 is 2.14 bits per heavy atom. The number of rotatable bonds is 4. The van der Waals surface area contributed by atoms with Gasteiger partial charge in [0.25, 0.3) is 0 Å². The molecule has 2 aromatic carbocycles. The molecule has 0 amide bonds. The van der Waals surface area contributed by atoms with Gasteiger partial charge in [0.15, 0.2) is 0 Å². The number of ether oxygens (including phenoxy) is 1. The molecule has 0 aliphatic carbocycles. The highest BCUT2D eigenvalue weighted by Gasteiger charge is 2.19. The normalized spacial score (nSPS) is 13.1. The zero-order valence-corrected chi connectivity index (χ0v) is 11.9. The van der Waals surface area contributed by atoms with Crippen molar-refractivity contribution in [2.45, 2.75) is 13.0 Å². The van der Waals surface area contributed by atoms with Crippen LogP contribution in [0.25, 0.3) is 0 Å². The largest absolute Gasteiger partial charge is 0.497 e. The van der Waals surface area contributed by atoms with Crippen molar-refractivity contribution in [2.24, 2.45) is 0 Å². The molecule has 0 spiro atoms. The Balaban J connectivity index is 1.82. The minimum atomic E-state index is -0.886. The molecule has 0 fully saturated rings. The number of carboxylic acids is 1. The molecule has 0 bridgehead atoms. The first-order valence-electron chi connectivity index (χ1n) is 6.91. The number of hydrogen-bond donors (Lipinski definition) is 1. The van der Waals surface area contributed by atoms with Crippen molar-refractivity contribution in [3.63, 3.8) is 0 Å². The smallest absolute Gasteiger partial charge is 0.335 e. The van der Waals surface area contributed by atoms with Gasteiger partial charge in [0.05, 0.1) is 12.7 Å². The van der Waals surface area contributed by atoms with Gasteiger partial charge in [-0.3, -0.25) is 0 Å². The van der Waals surface area contributed by atoms with Crippen molar-refractivity contribution < 1.29 is 14.6 Å². The van der Waals surface area contributed by atoms with Crippen LogP contribution in [-0.2, 0) is 13.0 Å². The Labute approximate surface area is 123 Å². The fraction of sp³-hybridized carbons (Fsp3) is 0.235. The first-order valence-corrected chi connectivity index (χ1v) is 6.91. The van der Waals surface area contributed by atoms with E-state index in [1.54, 1.807) is 25.3 Å². The van der Waals surface area contributed by atoms with Crippen LogP contribution >= 0.6 is 0 Å². The third-order valence-corrected chi connectivity index (χ3v) is 3.83. The molecule has 1 heterocycles. The SMILES string of the molecule is COc1ccc2c(c1)CCN2Cc1cccc(C(=O)O)c1. The summed E-state index contributed by atoms with van der Waals surface area (Å²) in [5.74, 6) is -0.00752. The Kier molecular flexibility index (Phi) is 3.52. The van der Waals surface area contributed by atoms with Gasteiger partial charge < -0.3 is 14.7 Å². The summed E-state index contributed by atoms with van der Waals surface area (Å²) in [6, 6.07) is 13.2. The fourth-order valence-corrected chi connectivity index (χ4v) is 2.76. The lowest BCUT2D eigenvalue weighted by Crippen LogP contribution is -2.19. The van der Waals surface area contributed by atoms with E-state index in [0.29, 0.717) is 5.56 Å². The predicted molar refractivity (Wildman–Crippen MR) is 81.1 cm³/mol. The lowest BCUT2D eigenvalue weighted by molar-refractivity contribution is 0.0696. The van der Waals surface area contributed by atoms with E-state index >= 15 is 0 Å². The van der Waals surface area contributed by atoms with Crippen LogP contribution in [0.5, 0.6) is 5.75 Å². The zero-order chi connectivity index (χ0) is 14.8. The third kappa shape index (κ3) is 2.70. The molecule has 0 radical (unpaired) electrons. The van der Waals surface area contributed by atoms with Crippen molar-refractivity contribution in [3.05, 3.63) is 59.2 Å². The number of anilines is 1. The van der Waals surface area contributed by atoms with Crippen LogP contribution in [0.1, 0.15) is 21.5 Å². The van der Waals surface area contributed by atoms with Crippen molar-refractivity contribution in [1.29, 1.82) is 0 Å². The first kappa shape index (κ1) is 13.5. The number of methoxy groups -OCH3 is 1. The molecular formula is C17H17NO3. The van der Waals surface area contributed by atoms with E-state index in [-0.39, 0.29) is 0 Å². The van der Waals surface area contributed by atoms with Crippen LogP contribution in [-0.4, -0.2) is 24.7 Å². The van der Waals surface area contributed by atoms with E-state index < -0.39 is 5.97 Å². The Morgan fingerprint density at radius 3 is 2.90 bits per heavy atom. The number of hydrogen-bond acceptors (Lipinski definition) is 3. The van der Waals surface area contributed by atoms with Crippen LogP contribution in [0, 0.1) is 0 Å². The molecule has 0 unspecified atom stereocenters. The second kappa shape index (κ2) is 5.48. The highest BCUT2D eigenvalue weighted by molar-refractivity contribution is 5.87. The van der Waals surface area contributed by atoms with Crippen LogP contribution in [0.15, 0.2) is 42.5 Å². The average molecular weight is 283 g/mol. The van der Waals surface area contributed by atoms with E-state index in [1.807, 2.05) is 12.1 Å². The van der Waals surface area contributed by atoms with Crippen molar-refractivity contribution in [3.8, 4) is 5.75 Å². The molecule has 4 heteroatoms. The lowest BCUT2D eigenvalue weighted by atomic mass is 10.1. The van der Waals surface area contributed by atoms with Crippen molar-refractivity contribution >= 4 is 11.7 Å². The predicted octanol–water partition coefficient (Wildman–Crippen LogP) is 2.96. The summed E-state index contributed by atoms with van der Waals surface area (Å²) >= 11 is 0. The maximum atomic E-state index is 11.0. The molecule has 1 aliphatic heterocycles. The lowest BCUT2D eigenvalue weighted by Gasteiger charge is -2.20. The third-order valence-electron chi connectivity index (χ3n) is 3.83. The molecule has 0 atom stereocenters. The molecule has 4 nitrogen and oxygen atoms in total. The van der Waals surface area contributed by atoms with Crippen molar-refractivity contribution in [2.75, 3.05) is 18.6 Å². The molecule has 3 rings (SSSR count). The maximum Gasteiger partial charge on any atom is 0.335 e. The number of carbonyl (C=O) groups is 1. The van der Waals surface area contributed by atoms with Gasteiger partial charge in [0.1, 0.15) is 5.75 Å². The molecule has 1 N–H and O–H groups in total. The highest BCUT2D eigenvalue weighted by Crippen LogP contribution is 2.32. The molecule has 1 aliphatic rings. The Hall–Kier alpha value is -2.49. The molecule has 0 aromatic heterocycles. The van der Waals surface area contributed by atoms with Gasteiger partial charge in [0, 0.05) is 18.8 Å². The minimum Gasteiger partial charge on any atom is -0.497 e. The topological polar surface area (TPSA) is 49.8 Å².